The van der Waals surface area contributed by atoms with Gasteiger partial charge >= 0.3 is 19.5 Å². The van der Waals surface area contributed by atoms with E-state index in [0.29, 0.717) is 5.92 Å². The molecule has 1 radical (unpaired) electrons. The molecule has 1 aromatic carbocycles. The van der Waals surface area contributed by atoms with Crippen molar-refractivity contribution in [3.05, 3.63) is 83.0 Å². The first-order valence-electron chi connectivity index (χ1n) is 4.91. The number of rotatable bonds is 2. The average Bonchev–Trinajstić information content (AvgIpc) is 2.19. The van der Waals surface area contributed by atoms with Gasteiger partial charge in [-0.15, -0.1) is 0 Å². The Bertz CT molecular complexity index is 264. The molecule has 1 heteroatoms. The van der Waals surface area contributed by atoms with Crippen LogP contribution >= 0.6 is 0 Å². The molecule has 0 aliphatic rings. The van der Waals surface area contributed by atoms with Crippen molar-refractivity contribution < 1.29 is 19.5 Å². The maximum absolute atomic E-state index is 3.36. The molecule has 0 saturated carbocycles. The van der Waals surface area contributed by atoms with Crippen LogP contribution in [0.2, 0.25) is 0 Å². The Labute approximate surface area is 129 Å². The summed E-state index contributed by atoms with van der Waals surface area (Å²) in [6.45, 7) is 13.3. The van der Waals surface area contributed by atoms with Crippen molar-refractivity contribution in [1.29, 1.82) is 0 Å². The van der Waals surface area contributed by atoms with Crippen LogP contribution in [0.5, 0.6) is 0 Å². The molecule has 0 bridgehead atoms. The van der Waals surface area contributed by atoms with Crippen molar-refractivity contribution in [2.75, 3.05) is 0 Å². The van der Waals surface area contributed by atoms with Crippen LogP contribution in [0.25, 0.3) is 0 Å². The van der Waals surface area contributed by atoms with E-state index in [1.54, 1.807) is 12.2 Å². The van der Waals surface area contributed by atoms with E-state index < -0.39 is 0 Å². The maximum Gasteiger partial charge on any atom is 3.00 e. The van der Waals surface area contributed by atoms with E-state index >= 15 is 0 Å². The molecule has 0 saturated heterocycles. The van der Waals surface area contributed by atoms with Gasteiger partial charge < -0.3 is 22.3 Å². The third kappa shape index (κ3) is 15.3. The van der Waals surface area contributed by atoms with Crippen LogP contribution in [0.1, 0.15) is 30.9 Å². The quantitative estimate of drug-likeness (QED) is 0.363. The zero-order chi connectivity index (χ0) is 11.0. The maximum atomic E-state index is 3.36. The summed E-state index contributed by atoms with van der Waals surface area (Å²) in [5.41, 5.74) is 2.76. The van der Waals surface area contributed by atoms with Gasteiger partial charge in [0.25, 0.3) is 0 Å². The predicted molar refractivity (Wildman–Crippen MR) is 84.9 cm³/mol. The van der Waals surface area contributed by atoms with E-state index in [2.05, 4.69) is 58.2 Å². The van der Waals surface area contributed by atoms with Gasteiger partial charge in [-0.05, 0) is 18.4 Å². The van der Waals surface area contributed by atoms with Crippen molar-refractivity contribution >= 4 is 0 Å². The molecular weight excluding hydrogens is 305 g/mol. The van der Waals surface area contributed by atoms with Gasteiger partial charge in [-0.1, -0.05) is 69.0 Å². The summed E-state index contributed by atoms with van der Waals surface area (Å²) in [5, 5.41) is 0. The third-order valence-electron chi connectivity index (χ3n) is 1.91. The number of aryl methyl sites for hydroxylation is 1. The van der Waals surface area contributed by atoms with Crippen LogP contribution in [0.3, 0.4) is 0 Å². The molecule has 0 atom stereocenters. The molecule has 0 fully saturated rings. The van der Waals surface area contributed by atoms with Gasteiger partial charge in [0, 0.05) is 0 Å². The van der Waals surface area contributed by atoms with Gasteiger partial charge in [-0.25, -0.2) is 0 Å². The second kappa shape index (κ2) is 18.7. The molecule has 0 aliphatic carbocycles. The van der Waals surface area contributed by atoms with E-state index in [4.69, 9.17) is 0 Å². The van der Waals surface area contributed by atoms with Gasteiger partial charge in [0.2, 0.25) is 0 Å². The van der Waals surface area contributed by atoms with Crippen molar-refractivity contribution in [2.24, 2.45) is 0 Å². The summed E-state index contributed by atoms with van der Waals surface area (Å²) in [5.74, 6) is 0.653. The molecule has 0 heterocycles. The standard InChI is InChI=1S/C10H14.C4H6.3CH3.Ru/c1-8(2)10-6-4-9(3)5-7-10;1-3-4-2;;;;/h4-8H,1-3H3;3-4H,1-2H2;3*1H3;/q;;3*-1;+3. The Hall–Kier alpha value is -0.677. The number of benzene rings is 1. The summed E-state index contributed by atoms with van der Waals surface area (Å²) >= 11 is 0. The topological polar surface area (TPSA) is 0 Å². The van der Waals surface area contributed by atoms with Gasteiger partial charge in [0.1, 0.15) is 0 Å². The Kier molecular flexibility index (Phi) is 31.5. The average molecular weight is 334 g/mol. The SMILES string of the molecule is C=CC=C.Cc1ccc(C(C)C)cc1.[CH3-].[CH3-].[CH3-].[Ru+3]. The number of hydrogen-bond acceptors (Lipinski definition) is 0. The Morgan fingerprint density at radius 2 is 1.22 bits per heavy atom. The molecule has 0 unspecified atom stereocenters. The fraction of sp³-hybridized carbons (Fsp3) is 0.235. The van der Waals surface area contributed by atoms with Gasteiger partial charge in [-0.2, -0.15) is 0 Å². The van der Waals surface area contributed by atoms with E-state index in [1.807, 2.05) is 0 Å². The second-order valence-corrected chi connectivity index (χ2v) is 3.54. The van der Waals surface area contributed by atoms with Crippen LogP contribution < -0.4 is 0 Å². The molecule has 0 spiro atoms. The van der Waals surface area contributed by atoms with E-state index in [1.165, 1.54) is 11.1 Å². The van der Waals surface area contributed by atoms with E-state index in [0.717, 1.165) is 0 Å². The second-order valence-electron chi connectivity index (χ2n) is 3.54. The fourth-order valence-electron chi connectivity index (χ4n) is 0.951. The molecule has 1 rings (SSSR count). The Balaban J connectivity index is -0.0000000635. The molecule has 0 N–H and O–H groups in total. The smallest absolute Gasteiger partial charge is 0.358 e. The summed E-state index contributed by atoms with van der Waals surface area (Å²) in [6, 6.07) is 8.71. The number of allylic oxidation sites excluding steroid dienone is 2. The molecule has 0 aliphatic heterocycles. The van der Waals surface area contributed by atoms with Crippen molar-refractivity contribution in [3.8, 4) is 0 Å². The molecule has 1 aromatic rings. The largest absolute Gasteiger partial charge is 3.00 e. The van der Waals surface area contributed by atoms with Crippen LogP contribution in [-0.2, 0) is 19.5 Å². The third-order valence-corrected chi connectivity index (χ3v) is 1.91. The van der Waals surface area contributed by atoms with Crippen LogP contribution in [-0.4, -0.2) is 0 Å². The van der Waals surface area contributed by atoms with E-state index in [-0.39, 0.29) is 41.8 Å². The minimum atomic E-state index is 0. The van der Waals surface area contributed by atoms with Crippen molar-refractivity contribution in [3.63, 3.8) is 0 Å². The van der Waals surface area contributed by atoms with Gasteiger partial charge in [-0.3, -0.25) is 0 Å². The first-order valence-corrected chi connectivity index (χ1v) is 4.91. The zero-order valence-corrected chi connectivity index (χ0v) is 14.5. The summed E-state index contributed by atoms with van der Waals surface area (Å²) in [7, 11) is 0. The molecule has 105 valence electrons. The van der Waals surface area contributed by atoms with Crippen LogP contribution in [0.15, 0.2) is 49.6 Å². The Morgan fingerprint density at radius 3 is 1.44 bits per heavy atom. The summed E-state index contributed by atoms with van der Waals surface area (Å²) in [6.07, 6.45) is 3.28. The van der Waals surface area contributed by atoms with Gasteiger partial charge in [0.05, 0.1) is 0 Å². The molecule has 18 heavy (non-hydrogen) atoms. The first-order chi connectivity index (χ1) is 6.61. The minimum Gasteiger partial charge on any atom is -0.358 e. The Morgan fingerprint density at radius 1 is 0.889 bits per heavy atom. The van der Waals surface area contributed by atoms with Gasteiger partial charge in [0.15, 0.2) is 0 Å². The molecule has 0 aromatic heterocycles. The van der Waals surface area contributed by atoms with E-state index in [9.17, 15) is 0 Å². The fourth-order valence-corrected chi connectivity index (χ4v) is 0.951. The number of hydrogen-bond donors (Lipinski definition) is 0. The van der Waals surface area contributed by atoms with Crippen LogP contribution in [0, 0.1) is 29.2 Å². The predicted octanol–water partition coefficient (Wildman–Crippen LogP) is 5.83. The zero-order valence-electron chi connectivity index (χ0n) is 12.8. The molecule has 0 amide bonds. The minimum absolute atomic E-state index is 0. The summed E-state index contributed by atoms with van der Waals surface area (Å²) in [4.78, 5) is 0. The summed E-state index contributed by atoms with van der Waals surface area (Å²) < 4.78 is 0. The monoisotopic (exact) mass is 335 g/mol. The normalized spacial score (nSPS) is 6.89. The van der Waals surface area contributed by atoms with Crippen molar-refractivity contribution in [1.82, 2.24) is 0 Å². The first kappa shape index (κ1) is 30.4. The van der Waals surface area contributed by atoms with Crippen LogP contribution in [0.4, 0.5) is 0 Å². The molecular formula is C17H29Ru. The molecule has 0 nitrogen and oxygen atoms in total. The van der Waals surface area contributed by atoms with Crippen molar-refractivity contribution in [2.45, 2.75) is 26.7 Å².